The van der Waals surface area contributed by atoms with Gasteiger partial charge in [0.25, 0.3) is 5.72 Å². The highest BCUT2D eigenvalue weighted by molar-refractivity contribution is 5.83. The van der Waals surface area contributed by atoms with Crippen molar-refractivity contribution >= 4 is 12.0 Å². The monoisotopic (exact) mass is 336 g/mol. The summed E-state index contributed by atoms with van der Waals surface area (Å²) in [5, 5.41) is 13.6. The number of alkyl halides is 3. The number of aliphatic hydroxyl groups is 1. The van der Waals surface area contributed by atoms with Crippen molar-refractivity contribution in [1.82, 2.24) is 10.6 Å². The zero-order chi connectivity index (χ0) is 17.4. The molecule has 3 N–H and O–H groups in total. The van der Waals surface area contributed by atoms with Crippen LogP contribution in [0.3, 0.4) is 0 Å². The van der Waals surface area contributed by atoms with E-state index in [9.17, 15) is 27.9 Å². The second-order valence-corrected chi connectivity index (χ2v) is 5.02. The molecule has 7 nitrogen and oxygen atoms in total. The van der Waals surface area contributed by atoms with Gasteiger partial charge in [0.1, 0.15) is 23.5 Å². The molecule has 2 amide bonds. The molecule has 1 aliphatic rings. The van der Waals surface area contributed by atoms with E-state index < -0.39 is 35.9 Å². The number of urea groups is 1. The summed E-state index contributed by atoms with van der Waals surface area (Å²) >= 11 is 0. The predicted molar refractivity (Wildman–Crippen MR) is 69.0 cm³/mol. The molecule has 1 aromatic rings. The van der Waals surface area contributed by atoms with Gasteiger partial charge in [-0.15, -0.1) is 0 Å². The summed E-state index contributed by atoms with van der Waals surface area (Å²) in [7, 11) is 0. The van der Waals surface area contributed by atoms with Crippen molar-refractivity contribution in [2.75, 3.05) is 6.61 Å². The molecule has 2 heterocycles. The Kier molecular flexibility index (Phi) is 4.29. The molecule has 3 atom stereocenters. The molecule has 1 saturated heterocycles. The van der Waals surface area contributed by atoms with Crippen LogP contribution >= 0.6 is 0 Å². The van der Waals surface area contributed by atoms with Crippen LogP contribution in [0.15, 0.2) is 16.5 Å². The van der Waals surface area contributed by atoms with Crippen LogP contribution in [0.1, 0.15) is 24.5 Å². The van der Waals surface area contributed by atoms with E-state index in [-0.39, 0.29) is 12.4 Å². The maximum atomic E-state index is 13.3. The lowest BCUT2D eigenvalue weighted by atomic mass is 9.84. The lowest BCUT2D eigenvalue weighted by Crippen LogP contribution is -2.73. The molecule has 0 radical (unpaired) electrons. The van der Waals surface area contributed by atoms with Crippen molar-refractivity contribution in [3.63, 3.8) is 0 Å². The van der Waals surface area contributed by atoms with E-state index in [1.54, 1.807) is 6.92 Å². The number of carbonyl (C=O) groups excluding carboxylic acids is 2. The van der Waals surface area contributed by atoms with E-state index in [1.165, 1.54) is 24.4 Å². The van der Waals surface area contributed by atoms with Crippen molar-refractivity contribution in [3.8, 4) is 0 Å². The SMILES string of the molecule is CCOC(=O)[C@H]1[C@@H](c2ccc(C)o2)NC(=O)N[C@]1(O)C(F)(F)F. The van der Waals surface area contributed by atoms with Crippen LogP contribution in [0.2, 0.25) is 0 Å². The first-order valence-corrected chi connectivity index (χ1v) is 6.71. The molecule has 0 bridgehead atoms. The molecule has 23 heavy (non-hydrogen) atoms. The van der Waals surface area contributed by atoms with E-state index in [2.05, 4.69) is 10.1 Å². The van der Waals surface area contributed by atoms with Gasteiger partial charge in [-0.05, 0) is 26.0 Å². The van der Waals surface area contributed by atoms with Gasteiger partial charge in [0.2, 0.25) is 0 Å². The third-order valence-electron chi connectivity index (χ3n) is 3.41. The highest BCUT2D eigenvalue weighted by Crippen LogP contribution is 2.43. The van der Waals surface area contributed by atoms with Gasteiger partial charge in [-0.1, -0.05) is 0 Å². The van der Waals surface area contributed by atoms with Gasteiger partial charge >= 0.3 is 18.2 Å². The summed E-state index contributed by atoms with van der Waals surface area (Å²) in [4.78, 5) is 23.6. The molecule has 1 fully saturated rings. The predicted octanol–water partition coefficient (Wildman–Crippen LogP) is 1.37. The maximum Gasteiger partial charge on any atom is 0.437 e. The summed E-state index contributed by atoms with van der Waals surface area (Å²) < 4.78 is 49.8. The number of nitrogens with one attached hydrogen (secondary N) is 2. The zero-order valence-corrected chi connectivity index (χ0v) is 12.2. The Morgan fingerprint density at radius 3 is 2.61 bits per heavy atom. The third kappa shape index (κ3) is 2.98. The molecule has 128 valence electrons. The maximum absolute atomic E-state index is 13.3. The summed E-state index contributed by atoms with van der Waals surface area (Å²) in [6.45, 7) is 2.76. The first-order valence-electron chi connectivity index (χ1n) is 6.71. The number of ether oxygens (including phenoxy) is 1. The minimum atomic E-state index is -5.30. The van der Waals surface area contributed by atoms with Gasteiger partial charge in [0.05, 0.1) is 6.61 Å². The Morgan fingerprint density at radius 2 is 2.13 bits per heavy atom. The summed E-state index contributed by atoms with van der Waals surface area (Å²) in [5.41, 5.74) is -3.78. The molecule has 0 aliphatic carbocycles. The number of halogens is 3. The average Bonchev–Trinajstić information content (AvgIpc) is 2.83. The van der Waals surface area contributed by atoms with Crippen molar-refractivity contribution in [1.29, 1.82) is 0 Å². The molecule has 0 aromatic carbocycles. The van der Waals surface area contributed by atoms with E-state index in [1.807, 2.05) is 0 Å². The molecule has 1 aliphatic heterocycles. The Labute approximate surface area is 128 Å². The normalized spacial score (nSPS) is 28.0. The summed E-state index contributed by atoms with van der Waals surface area (Å²) in [6, 6.07) is -0.0555. The molecule has 10 heteroatoms. The molecular weight excluding hydrogens is 321 g/mol. The van der Waals surface area contributed by atoms with Crippen LogP contribution in [0.25, 0.3) is 0 Å². The Balaban J connectivity index is 2.53. The van der Waals surface area contributed by atoms with Gasteiger partial charge < -0.3 is 24.9 Å². The van der Waals surface area contributed by atoms with Crippen molar-refractivity contribution in [3.05, 3.63) is 23.7 Å². The lowest BCUT2D eigenvalue weighted by molar-refractivity contribution is -0.294. The van der Waals surface area contributed by atoms with Gasteiger partial charge in [-0.25, -0.2) is 4.79 Å². The number of carbonyl (C=O) groups is 2. The minimum absolute atomic E-state index is 0.0990. The lowest BCUT2D eigenvalue weighted by Gasteiger charge is -2.43. The number of hydrogen-bond donors (Lipinski definition) is 3. The van der Waals surface area contributed by atoms with Crippen molar-refractivity contribution in [2.24, 2.45) is 5.92 Å². The van der Waals surface area contributed by atoms with Crippen molar-refractivity contribution in [2.45, 2.75) is 31.8 Å². The molecule has 0 spiro atoms. The third-order valence-corrected chi connectivity index (χ3v) is 3.41. The van der Waals surface area contributed by atoms with Crippen LogP contribution in [0, 0.1) is 12.8 Å². The number of hydrogen-bond acceptors (Lipinski definition) is 5. The van der Waals surface area contributed by atoms with E-state index in [0.717, 1.165) is 0 Å². The Morgan fingerprint density at radius 1 is 1.48 bits per heavy atom. The number of furan rings is 1. The number of amides is 2. The number of aryl methyl sites for hydroxylation is 1. The largest absolute Gasteiger partial charge is 0.466 e. The van der Waals surface area contributed by atoms with Gasteiger partial charge in [-0.3, -0.25) is 4.79 Å². The smallest absolute Gasteiger partial charge is 0.437 e. The summed E-state index contributed by atoms with van der Waals surface area (Å²) in [5.74, 6) is -3.23. The fraction of sp³-hybridized carbons (Fsp3) is 0.538. The highest BCUT2D eigenvalue weighted by atomic mass is 19.4. The second kappa shape index (κ2) is 5.76. The molecule has 2 rings (SSSR count). The van der Waals surface area contributed by atoms with Crippen LogP contribution in [-0.4, -0.2) is 35.6 Å². The number of rotatable bonds is 3. The Bertz CT molecular complexity index is 615. The first-order chi connectivity index (χ1) is 10.6. The topological polar surface area (TPSA) is 101 Å². The van der Waals surface area contributed by atoms with Crippen LogP contribution in [0.5, 0.6) is 0 Å². The van der Waals surface area contributed by atoms with E-state index in [0.29, 0.717) is 5.76 Å². The van der Waals surface area contributed by atoms with Gasteiger partial charge in [-0.2, -0.15) is 13.2 Å². The van der Waals surface area contributed by atoms with Gasteiger partial charge in [0, 0.05) is 0 Å². The molecule has 0 saturated carbocycles. The Hall–Kier alpha value is -2.23. The fourth-order valence-corrected chi connectivity index (χ4v) is 2.39. The fourth-order valence-electron chi connectivity index (χ4n) is 2.39. The molecule has 0 unspecified atom stereocenters. The van der Waals surface area contributed by atoms with Gasteiger partial charge in [0.15, 0.2) is 0 Å². The first kappa shape index (κ1) is 17.1. The van der Waals surface area contributed by atoms with Crippen LogP contribution < -0.4 is 10.6 Å². The van der Waals surface area contributed by atoms with Crippen molar-refractivity contribution < 1.29 is 37.0 Å². The van der Waals surface area contributed by atoms with Crippen LogP contribution in [0.4, 0.5) is 18.0 Å². The molecular formula is C13H15F3N2O5. The number of esters is 1. The average molecular weight is 336 g/mol. The highest BCUT2D eigenvalue weighted by Gasteiger charge is 2.67. The molecule has 1 aromatic heterocycles. The quantitative estimate of drug-likeness (QED) is 0.724. The summed E-state index contributed by atoms with van der Waals surface area (Å²) in [6.07, 6.45) is -5.30. The zero-order valence-electron chi connectivity index (χ0n) is 12.2. The van der Waals surface area contributed by atoms with E-state index in [4.69, 9.17) is 4.42 Å². The minimum Gasteiger partial charge on any atom is -0.466 e. The standard InChI is InChI=1S/C13H15F3N2O5/c1-3-22-10(19)8-9(7-5-4-6(2)23-7)17-11(20)18-12(8,21)13(14,15)16/h4-5,8-9,21H,3H2,1-2H3,(H2,17,18,20)/t8-,9-,12-/m1/s1. The van der Waals surface area contributed by atoms with E-state index >= 15 is 0 Å². The van der Waals surface area contributed by atoms with Crippen LogP contribution in [-0.2, 0) is 9.53 Å². The second-order valence-electron chi connectivity index (χ2n) is 5.02.